The van der Waals surface area contributed by atoms with E-state index in [4.69, 9.17) is 9.47 Å². The Balaban J connectivity index is 2.27. The standard InChI is InChI=1S/C12H16N2O2/c1-15-8-4-6-12-13-9-10-11(16-2)5-3-7-14(10)12/h3,5,7,9H,4,6,8H2,1-2H3. The monoisotopic (exact) mass is 220 g/mol. The van der Waals surface area contributed by atoms with Crippen LogP contribution in [-0.4, -0.2) is 30.2 Å². The summed E-state index contributed by atoms with van der Waals surface area (Å²) < 4.78 is 12.4. The maximum atomic E-state index is 5.28. The minimum atomic E-state index is 0.763. The first kappa shape index (κ1) is 11.0. The van der Waals surface area contributed by atoms with E-state index in [-0.39, 0.29) is 0 Å². The molecule has 0 N–H and O–H groups in total. The van der Waals surface area contributed by atoms with Gasteiger partial charge in [-0.25, -0.2) is 4.98 Å². The van der Waals surface area contributed by atoms with E-state index in [0.717, 1.165) is 36.5 Å². The molecule has 2 aromatic heterocycles. The third-order valence-electron chi connectivity index (χ3n) is 2.58. The van der Waals surface area contributed by atoms with Gasteiger partial charge in [0.1, 0.15) is 17.1 Å². The van der Waals surface area contributed by atoms with Gasteiger partial charge < -0.3 is 13.9 Å². The lowest BCUT2D eigenvalue weighted by Gasteiger charge is -2.04. The minimum absolute atomic E-state index is 0.763. The van der Waals surface area contributed by atoms with Crippen molar-refractivity contribution in [2.45, 2.75) is 12.8 Å². The van der Waals surface area contributed by atoms with Crippen molar-refractivity contribution in [3.05, 3.63) is 30.4 Å². The highest BCUT2D eigenvalue weighted by Crippen LogP contribution is 2.20. The summed E-state index contributed by atoms with van der Waals surface area (Å²) in [5.74, 6) is 1.90. The van der Waals surface area contributed by atoms with Gasteiger partial charge in [0, 0.05) is 26.3 Å². The van der Waals surface area contributed by atoms with E-state index in [0.29, 0.717) is 0 Å². The molecule has 16 heavy (non-hydrogen) atoms. The Morgan fingerprint density at radius 1 is 1.38 bits per heavy atom. The van der Waals surface area contributed by atoms with Crippen LogP contribution in [0.1, 0.15) is 12.2 Å². The second-order valence-electron chi connectivity index (χ2n) is 3.60. The van der Waals surface area contributed by atoms with Crippen LogP contribution in [0.25, 0.3) is 5.52 Å². The number of ether oxygens (including phenoxy) is 2. The number of imidazole rings is 1. The molecule has 0 saturated heterocycles. The Hall–Kier alpha value is -1.55. The van der Waals surface area contributed by atoms with Gasteiger partial charge in [-0.2, -0.15) is 0 Å². The van der Waals surface area contributed by atoms with Gasteiger partial charge in [0.15, 0.2) is 0 Å². The van der Waals surface area contributed by atoms with Crippen LogP contribution >= 0.6 is 0 Å². The average Bonchev–Trinajstić information content (AvgIpc) is 2.73. The topological polar surface area (TPSA) is 35.8 Å². The molecule has 0 radical (unpaired) electrons. The van der Waals surface area contributed by atoms with Gasteiger partial charge in [0.05, 0.1) is 13.3 Å². The van der Waals surface area contributed by atoms with E-state index >= 15 is 0 Å². The SMILES string of the molecule is COCCCc1ncc2c(OC)cccn12. The quantitative estimate of drug-likeness (QED) is 0.722. The van der Waals surface area contributed by atoms with Crippen molar-refractivity contribution in [2.24, 2.45) is 0 Å². The molecule has 4 heteroatoms. The Morgan fingerprint density at radius 2 is 2.25 bits per heavy atom. The average molecular weight is 220 g/mol. The maximum absolute atomic E-state index is 5.28. The van der Waals surface area contributed by atoms with Crippen LogP contribution in [0.2, 0.25) is 0 Å². The molecule has 0 unspecified atom stereocenters. The summed E-state index contributed by atoms with van der Waals surface area (Å²) in [7, 11) is 3.39. The van der Waals surface area contributed by atoms with Gasteiger partial charge in [0.2, 0.25) is 0 Å². The molecular weight excluding hydrogens is 204 g/mol. The summed E-state index contributed by atoms with van der Waals surface area (Å²) >= 11 is 0. The fourth-order valence-electron chi connectivity index (χ4n) is 1.78. The van der Waals surface area contributed by atoms with Gasteiger partial charge in [0.25, 0.3) is 0 Å². The highest BCUT2D eigenvalue weighted by Gasteiger charge is 2.06. The van der Waals surface area contributed by atoms with E-state index in [1.807, 2.05) is 24.5 Å². The third-order valence-corrected chi connectivity index (χ3v) is 2.58. The van der Waals surface area contributed by atoms with Crippen LogP contribution in [0.5, 0.6) is 5.75 Å². The second kappa shape index (κ2) is 4.99. The fraction of sp³-hybridized carbons (Fsp3) is 0.417. The number of aromatic nitrogens is 2. The summed E-state index contributed by atoms with van der Waals surface area (Å²) in [6.07, 6.45) is 5.75. The highest BCUT2D eigenvalue weighted by atomic mass is 16.5. The summed E-state index contributed by atoms with van der Waals surface area (Å²) in [6.45, 7) is 0.763. The lowest BCUT2D eigenvalue weighted by Crippen LogP contribution is -1.98. The normalized spacial score (nSPS) is 10.9. The van der Waals surface area contributed by atoms with Gasteiger partial charge in [-0.15, -0.1) is 0 Å². The minimum Gasteiger partial charge on any atom is -0.494 e. The van der Waals surface area contributed by atoms with Gasteiger partial charge >= 0.3 is 0 Å². The number of methoxy groups -OCH3 is 2. The van der Waals surface area contributed by atoms with Crippen LogP contribution in [0.4, 0.5) is 0 Å². The van der Waals surface area contributed by atoms with Crippen LogP contribution in [0.3, 0.4) is 0 Å². The molecule has 0 saturated carbocycles. The molecule has 0 bridgehead atoms. The fourth-order valence-corrected chi connectivity index (χ4v) is 1.78. The molecule has 0 aliphatic heterocycles. The van der Waals surface area contributed by atoms with E-state index in [2.05, 4.69) is 9.38 Å². The predicted molar refractivity (Wildman–Crippen MR) is 61.9 cm³/mol. The number of pyridine rings is 1. The smallest absolute Gasteiger partial charge is 0.144 e. The molecule has 86 valence electrons. The van der Waals surface area contributed by atoms with E-state index in [9.17, 15) is 0 Å². The second-order valence-corrected chi connectivity index (χ2v) is 3.60. The number of hydrogen-bond acceptors (Lipinski definition) is 3. The Labute approximate surface area is 94.8 Å². The van der Waals surface area contributed by atoms with Crippen molar-refractivity contribution >= 4 is 5.52 Å². The first-order valence-electron chi connectivity index (χ1n) is 5.34. The van der Waals surface area contributed by atoms with Gasteiger partial charge in [-0.05, 0) is 18.6 Å². The molecule has 0 fully saturated rings. The lowest BCUT2D eigenvalue weighted by molar-refractivity contribution is 0.194. The number of nitrogens with zero attached hydrogens (tertiary/aromatic N) is 2. The summed E-state index contributed by atoms with van der Waals surface area (Å²) in [5, 5.41) is 0. The number of rotatable bonds is 5. The van der Waals surface area contributed by atoms with Crippen LogP contribution in [0, 0.1) is 0 Å². The van der Waals surface area contributed by atoms with Crippen LogP contribution in [0.15, 0.2) is 24.5 Å². The van der Waals surface area contributed by atoms with Crippen molar-refractivity contribution in [1.82, 2.24) is 9.38 Å². The Bertz CT molecular complexity index is 465. The third kappa shape index (κ3) is 2.02. The molecule has 0 amide bonds. The molecule has 2 aromatic rings. The largest absolute Gasteiger partial charge is 0.494 e. The van der Waals surface area contributed by atoms with Gasteiger partial charge in [-0.3, -0.25) is 0 Å². The summed E-state index contributed by atoms with van der Waals surface area (Å²) in [4.78, 5) is 4.40. The van der Waals surface area contributed by atoms with Gasteiger partial charge in [-0.1, -0.05) is 0 Å². The molecule has 0 atom stereocenters. The molecule has 0 aromatic carbocycles. The first-order valence-corrected chi connectivity index (χ1v) is 5.34. The predicted octanol–water partition coefficient (Wildman–Crippen LogP) is 1.92. The van der Waals surface area contributed by atoms with Crippen molar-refractivity contribution in [2.75, 3.05) is 20.8 Å². The lowest BCUT2D eigenvalue weighted by atomic mass is 10.3. The Morgan fingerprint density at radius 3 is 3.00 bits per heavy atom. The van der Waals surface area contributed by atoms with E-state index in [1.54, 1.807) is 14.2 Å². The summed E-state index contributed by atoms with van der Waals surface area (Å²) in [5.41, 5.74) is 1.01. The molecule has 0 aliphatic carbocycles. The zero-order valence-corrected chi connectivity index (χ0v) is 9.64. The first-order chi connectivity index (χ1) is 7.86. The summed E-state index contributed by atoms with van der Waals surface area (Å²) in [6, 6.07) is 3.91. The Kier molecular flexibility index (Phi) is 3.41. The zero-order valence-electron chi connectivity index (χ0n) is 9.64. The van der Waals surface area contributed by atoms with Crippen molar-refractivity contribution < 1.29 is 9.47 Å². The molecule has 4 nitrogen and oxygen atoms in total. The molecule has 2 heterocycles. The van der Waals surface area contributed by atoms with E-state index in [1.165, 1.54) is 0 Å². The number of aryl methyl sites for hydroxylation is 1. The van der Waals surface area contributed by atoms with Crippen LogP contribution < -0.4 is 4.74 Å². The molecule has 2 rings (SSSR count). The molecule has 0 spiro atoms. The van der Waals surface area contributed by atoms with Crippen molar-refractivity contribution in [3.63, 3.8) is 0 Å². The molecule has 0 aliphatic rings. The van der Waals surface area contributed by atoms with Crippen molar-refractivity contribution in [1.29, 1.82) is 0 Å². The maximum Gasteiger partial charge on any atom is 0.144 e. The van der Waals surface area contributed by atoms with E-state index < -0.39 is 0 Å². The highest BCUT2D eigenvalue weighted by molar-refractivity contribution is 5.59. The zero-order chi connectivity index (χ0) is 11.4. The van der Waals surface area contributed by atoms with Crippen LogP contribution in [-0.2, 0) is 11.2 Å². The van der Waals surface area contributed by atoms with Crippen molar-refractivity contribution in [3.8, 4) is 5.75 Å². The number of hydrogen-bond donors (Lipinski definition) is 0. The number of fused-ring (bicyclic) bond motifs is 1. The molecular formula is C12H16N2O2.